The number of hydroxylamine groups is 2. The van der Waals surface area contributed by atoms with E-state index in [1.54, 1.807) is 6.92 Å². The van der Waals surface area contributed by atoms with Gasteiger partial charge in [0.1, 0.15) is 16.3 Å². The number of benzene rings is 1. The van der Waals surface area contributed by atoms with Gasteiger partial charge in [-0.2, -0.15) is 13.2 Å². The van der Waals surface area contributed by atoms with Gasteiger partial charge < -0.3 is 15.8 Å². The van der Waals surface area contributed by atoms with Crippen molar-refractivity contribution >= 4 is 34.4 Å². The number of nitrogens with zero attached hydrogens (tertiary/aromatic N) is 4. The van der Waals surface area contributed by atoms with Crippen LogP contribution >= 0.6 is 11.8 Å². The molecule has 1 aliphatic carbocycles. The van der Waals surface area contributed by atoms with Gasteiger partial charge in [-0.25, -0.2) is 19.4 Å². The minimum Gasteiger partial charge on any atom is -0.467 e. The average Bonchev–Trinajstić information content (AvgIpc) is 3.57. The Bertz CT molecular complexity index is 1180. The molecule has 3 N–H and O–H groups in total. The summed E-state index contributed by atoms with van der Waals surface area (Å²) in [7, 11) is 2.76. The first-order chi connectivity index (χ1) is 17.4. The molecule has 37 heavy (non-hydrogen) atoms. The predicted octanol–water partition coefficient (Wildman–Crippen LogP) is 3.12. The summed E-state index contributed by atoms with van der Waals surface area (Å²) < 4.78 is 54.9. The summed E-state index contributed by atoms with van der Waals surface area (Å²) in [5, 5.41) is 3.74. The summed E-state index contributed by atoms with van der Waals surface area (Å²) in [6.45, 7) is 0.639. The Morgan fingerprint density at radius 1 is 1.32 bits per heavy atom. The van der Waals surface area contributed by atoms with E-state index in [1.807, 2.05) is 0 Å². The Morgan fingerprint density at radius 3 is 2.65 bits per heavy atom. The van der Waals surface area contributed by atoms with Gasteiger partial charge in [0.15, 0.2) is 11.8 Å². The first kappa shape index (κ1) is 28.1. The van der Waals surface area contributed by atoms with Crippen molar-refractivity contribution in [1.82, 2.24) is 15.0 Å². The van der Waals surface area contributed by atoms with Crippen molar-refractivity contribution in [2.24, 2.45) is 10.7 Å². The molecule has 0 bridgehead atoms. The molecule has 1 fully saturated rings. The lowest BCUT2D eigenvalue weighted by molar-refractivity contribution is -0.168. The molecule has 200 valence electrons. The maximum Gasteiger partial charge on any atom is 0.422 e. The van der Waals surface area contributed by atoms with Crippen molar-refractivity contribution in [2.75, 3.05) is 32.6 Å². The SMILES string of the molecule is CCN=C(N)S[C@@]1(C(=O)N(C)OC)C[C@H]1c1cc(NC(=O)c2cnc(OCC(F)(F)F)cn2)ccc1F. The molecule has 0 spiro atoms. The number of halogens is 4. The van der Waals surface area contributed by atoms with Gasteiger partial charge in [-0.15, -0.1) is 0 Å². The molecular formula is C22H24F4N6O4S. The summed E-state index contributed by atoms with van der Waals surface area (Å²) >= 11 is 1.03. The number of anilines is 1. The van der Waals surface area contributed by atoms with Crippen LogP contribution in [0.2, 0.25) is 0 Å². The number of alkyl halides is 3. The fourth-order valence-electron chi connectivity index (χ4n) is 3.47. The van der Waals surface area contributed by atoms with Gasteiger partial charge in [-0.1, -0.05) is 11.8 Å². The van der Waals surface area contributed by atoms with Gasteiger partial charge in [-0.3, -0.25) is 19.4 Å². The van der Waals surface area contributed by atoms with Crippen molar-refractivity contribution in [3.8, 4) is 5.88 Å². The van der Waals surface area contributed by atoms with Crippen molar-refractivity contribution in [3.05, 3.63) is 47.7 Å². The number of amides is 2. The lowest BCUT2D eigenvalue weighted by Gasteiger charge is -2.22. The molecule has 15 heteroatoms. The van der Waals surface area contributed by atoms with Gasteiger partial charge in [-0.05, 0) is 37.1 Å². The van der Waals surface area contributed by atoms with E-state index >= 15 is 0 Å². The minimum absolute atomic E-state index is 0.175. The molecule has 1 saturated carbocycles. The number of thioether (sulfide) groups is 1. The first-order valence-corrected chi connectivity index (χ1v) is 11.7. The van der Waals surface area contributed by atoms with Crippen molar-refractivity contribution in [2.45, 2.75) is 30.2 Å². The number of aromatic nitrogens is 2. The zero-order valence-corrected chi connectivity index (χ0v) is 20.8. The number of nitrogens with two attached hydrogens (primary N) is 1. The highest BCUT2D eigenvalue weighted by Crippen LogP contribution is 2.62. The van der Waals surface area contributed by atoms with E-state index < -0.39 is 47.0 Å². The highest BCUT2D eigenvalue weighted by Gasteiger charge is 2.64. The number of rotatable bonds is 9. The summed E-state index contributed by atoms with van der Waals surface area (Å²) in [5.74, 6) is -2.74. The van der Waals surface area contributed by atoms with Crippen molar-refractivity contribution < 1.29 is 36.7 Å². The third-order valence-corrected chi connectivity index (χ3v) is 6.63. The maximum atomic E-state index is 14.8. The molecule has 1 heterocycles. The number of amidine groups is 1. The normalized spacial score (nSPS) is 19.3. The summed E-state index contributed by atoms with van der Waals surface area (Å²) in [4.78, 5) is 42.1. The lowest BCUT2D eigenvalue weighted by atomic mass is 10.1. The van der Waals surface area contributed by atoms with Crippen LogP contribution < -0.4 is 15.8 Å². The molecule has 0 aliphatic heterocycles. The van der Waals surface area contributed by atoms with Gasteiger partial charge in [0.2, 0.25) is 5.88 Å². The highest BCUT2D eigenvalue weighted by atomic mass is 32.2. The molecular weight excluding hydrogens is 520 g/mol. The third-order valence-electron chi connectivity index (χ3n) is 5.31. The molecule has 0 unspecified atom stereocenters. The summed E-state index contributed by atoms with van der Waals surface area (Å²) in [6.07, 6.45) is -2.47. The van der Waals surface area contributed by atoms with Crippen molar-refractivity contribution in [3.63, 3.8) is 0 Å². The monoisotopic (exact) mass is 544 g/mol. The largest absolute Gasteiger partial charge is 0.467 e. The lowest BCUT2D eigenvalue weighted by Crippen LogP contribution is -2.38. The number of hydrogen-bond donors (Lipinski definition) is 2. The Balaban J connectivity index is 1.78. The molecule has 1 aliphatic rings. The minimum atomic E-state index is -4.55. The topological polar surface area (TPSA) is 132 Å². The number of aliphatic imine (C=N–C) groups is 1. The zero-order valence-electron chi connectivity index (χ0n) is 20.0. The fourth-order valence-corrected chi connectivity index (χ4v) is 4.77. The molecule has 0 saturated heterocycles. The summed E-state index contributed by atoms with van der Waals surface area (Å²) in [6, 6.07) is 3.85. The van der Waals surface area contributed by atoms with E-state index in [-0.39, 0.29) is 28.5 Å². The van der Waals surface area contributed by atoms with Gasteiger partial charge in [0, 0.05) is 25.2 Å². The van der Waals surface area contributed by atoms with E-state index in [1.165, 1.54) is 26.3 Å². The number of ether oxygens (including phenoxy) is 1. The van der Waals surface area contributed by atoms with Gasteiger partial charge >= 0.3 is 6.18 Å². The van der Waals surface area contributed by atoms with Crippen molar-refractivity contribution in [1.29, 1.82) is 0 Å². The molecule has 3 rings (SSSR count). The van der Waals surface area contributed by atoms with Crippen LogP contribution in [0.25, 0.3) is 0 Å². The number of hydrogen-bond acceptors (Lipinski definition) is 8. The van der Waals surface area contributed by atoms with Crippen LogP contribution in [0.5, 0.6) is 5.88 Å². The number of carbonyl (C=O) groups is 2. The van der Waals surface area contributed by atoms with Crippen LogP contribution in [-0.4, -0.2) is 70.2 Å². The standard InChI is InChI=1S/C22H24F4N6O4S/c1-4-28-20(27)37-21(19(34)32(2)35-3)8-14(21)13-7-12(5-6-15(13)23)31-18(33)16-9-30-17(10-29-16)36-11-22(24,25)26/h5-7,9-10,14H,4,8,11H2,1-3H3,(H2,27,28)(H,31,33)/t14-,21-/m0/s1. The highest BCUT2D eigenvalue weighted by molar-refractivity contribution is 8.15. The second-order valence-corrected chi connectivity index (χ2v) is 9.23. The predicted molar refractivity (Wildman–Crippen MR) is 128 cm³/mol. The smallest absolute Gasteiger partial charge is 0.422 e. The molecule has 1 aromatic heterocycles. The van der Waals surface area contributed by atoms with E-state index in [0.717, 1.165) is 35.3 Å². The second kappa shape index (κ2) is 11.3. The maximum absolute atomic E-state index is 14.8. The van der Waals surface area contributed by atoms with E-state index in [2.05, 4.69) is 25.0 Å². The van der Waals surface area contributed by atoms with Gasteiger partial charge in [0.25, 0.3) is 11.8 Å². The van der Waals surface area contributed by atoms with Crippen LogP contribution in [0.4, 0.5) is 23.2 Å². The Kier molecular flexibility index (Phi) is 8.58. The quantitative estimate of drug-likeness (QED) is 0.213. The molecule has 0 radical (unpaired) electrons. The molecule has 2 aromatic rings. The Labute approximate surface area is 213 Å². The molecule has 2 amide bonds. The first-order valence-electron chi connectivity index (χ1n) is 10.8. The van der Waals surface area contributed by atoms with E-state index in [0.29, 0.717) is 6.54 Å². The van der Waals surface area contributed by atoms with Crippen LogP contribution in [0, 0.1) is 5.82 Å². The van der Waals surface area contributed by atoms with Crippen LogP contribution in [-0.2, 0) is 9.63 Å². The molecule has 1 aromatic carbocycles. The van der Waals surface area contributed by atoms with Gasteiger partial charge in [0.05, 0.1) is 19.5 Å². The van der Waals surface area contributed by atoms with Crippen LogP contribution in [0.15, 0.2) is 35.6 Å². The zero-order chi connectivity index (χ0) is 27.4. The number of nitrogens with one attached hydrogen (secondary N) is 1. The Hall–Kier alpha value is -3.46. The van der Waals surface area contributed by atoms with Crippen LogP contribution in [0.1, 0.15) is 35.3 Å². The molecule has 2 atom stereocenters. The fraction of sp³-hybridized carbons (Fsp3) is 0.409. The van der Waals surface area contributed by atoms with E-state index in [9.17, 15) is 27.2 Å². The second-order valence-electron chi connectivity index (χ2n) is 7.88. The van der Waals surface area contributed by atoms with Crippen LogP contribution in [0.3, 0.4) is 0 Å². The van der Waals surface area contributed by atoms with E-state index in [4.69, 9.17) is 10.6 Å². The average molecular weight is 545 g/mol. The molecule has 10 nitrogen and oxygen atoms in total. The number of carbonyl (C=O) groups excluding carboxylic acids is 2. The summed E-state index contributed by atoms with van der Waals surface area (Å²) in [5.41, 5.74) is 6.12. The third kappa shape index (κ3) is 6.85. The Morgan fingerprint density at radius 2 is 2.05 bits per heavy atom.